The summed E-state index contributed by atoms with van der Waals surface area (Å²) in [7, 11) is 1.28. The molecular formula is C23H18N4O5. The van der Waals surface area contributed by atoms with Crippen molar-refractivity contribution in [1.82, 2.24) is 19.4 Å². The topological polar surface area (TPSA) is 116 Å². The van der Waals surface area contributed by atoms with E-state index in [1.807, 2.05) is 25.1 Å². The molecule has 0 unspecified atom stereocenters. The number of para-hydroxylation sites is 2. The summed E-state index contributed by atoms with van der Waals surface area (Å²) in [4.78, 5) is 50.1. The summed E-state index contributed by atoms with van der Waals surface area (Å²) >= 11 is 0. The summed E-state index contributed by atoms with van der Waals surface area (Å²) in [5.41, 5.74) is 2.46. The molecule has 0 spiro atoms. The van der Waals surface area contributed by atoms with Gasteiger partial charge < -0.3 is 14.5 Å². The highest BCUT2D eigenvalue weighted by atomic mass is 16.5. The molecule has 3 aromatic heterocycles. The van der Waals surface area contributed by atoms with Gasteiger partial charge in [0.15, 0.2) is 5.65 Å². The molecule has 1 N–H and O–H groups in total. The van der Waals surface area contributed by atoms with Gasteiger partial charge in [0, 0.05) is 0 Å². The van der Waals surface area contributed by atoms with Gasteiger partial charge >= 0.3 is 11.9 Å². The number of rotatable bonds is 4. The number of carbonyl (C=O) groups excluding carboxylic acids is 2. The zero-order valence-electron chi connectivity index (χ0n) is 17.3. The van der Waals surface area contributed by atoms with Crippen molar-refractivity contribution in [1.29, 1.82) is 0 Å². The number of methoxy groups -OCH3 is 1. The van der Waals surface area contributed by atoms with Crippen molar-refractivity contribution in [2.75, 3.05) is 13.7 Å². The number of ether oxygens (including phenoxy) is 2. The maximum absolute atomic E-state index is 13.0. The van der Waals surface area contributed by atoms with Gasteiger partial charge in [-0.3, -0.25) is 9.20 Å². The smallest absolute Gasteiger partial charge is 0.344 e. The van der Waals surface area contributed by atoms with Crippen LogP contribution in [0.25, 0.3) is 38.7 Å². The number of fused-ring (bicyclic) bond motifs is 6. The number of carbonyl (C=O) groups is 2. The normalized spacial score (nSPS) is 11.4. The third-order valence-electron chi connectivity index (χ3n) is 5.24. The van der Waals surface area contributed by atoms with Crippen molar-refractivity contribution < 1.29 is 19.1 Å². The second kappa shape index (κ2) is 7.45. The Bertz CT molecular complexity index is 1620. The first-order chi connectivity index (χ1) is 15.5. The molecule has 0 bridgehead atoms. The standard InChI is InChI=1S/C23H18N4O5/c1-3-10-32-23(30)17-18-20(25-15-7-5-4-6-14(15)24-18)27-16-11-12(22(29)31-2)8-9-13(16)21(28)26-19(17)27/h4-9,11H,3,10H2,1-2H3,(H,26,28). The van der Waals surface area contributed by atoms with Crippen molar-refractivity contribution in [2.24, 2.45) is 0 Å². The molecule has 0 fully saturated rings. The fraction of sp³-hybridized carbons (Fsp3) is 0.174. The lowest BCUT2D eigenvalue weighted by molar-refractivity contribution is 0.0508. The van der Waals surface area contributed by atoms with Crippen LogP contribution >= 0.6 is 0 Å². The van der Waals surface area contributed by atoms with Gasteiger partial charge in [0.2, 0.25) is 0 Å². The minimum absolute atomic E-state index is 0.120. The molecule has 0 atom stereocenters. The van der Waals surface area contributed by atoms with Crippen molar-refractivity contribution >= 4 is 50.7 Å². The Morgan fingerprint density at radius 3 is 2.53 bits per heavy atom. The van der Waals surface area contributed by atoms with Crippen LogP contribution in [-0.2, 0) is 9.47 Å². The molecule has 3 heterocycles. The first-order valence-electron chi connectivity index (χ1n) is 10.1. The van der Waals surface area contributed by atoms with Crippen molar-refractivity contribution in [2.45, 2.75) is 13.3 Å². The Balaban J connectivity index is 1.98. The Kier molecular flexibility index (Phi) is 4.58. The van der Waals surface area contributed by atoms with E-state index in [2.05, 4.69) is 9.97 Å². The minimum Gasteiger partial charge on any atom is -0.465 e. The average molecular weight is 430 g/mol. The van der Waals surface area contributed by atoms with E-state index in [9.17, 15) is 14.4 Å². The molecule has 0 aliphatic carbocycles. The zero-order valence-corrected chi connectivity index (χ0v) is 17.3. The monoisotopic (exact) mass is 430 g/mol. The molecule has 0 radical (unpaired) electrons. The van der Waals surface area contributed by atoms with E-state index in [4.69, 9.17) is 14.5 Å². The van der Waals surface area contributed by atoms with Crippen molar-refractivity contribution in [3.63, 3.8) is 0 Å². The molecule has 0 aliphatic heterocycles. The molecule has 9 nitrogen and oxygen atoms in total. The van der Waals surface area contributed by atoms with Gasteiger partial charge in [0.1, 0.15) is 16.7 Å². The van der Waals surface area contributed by atoms with Crippen LogP contribution in [-0.4, -0.2) is 45.0 Å². The van der Waals surface area contributed by atoms with Gasteiger partial charge in [-0.15, -0.1) is 0 Å². The zero-order chi connectivity index (χ0) is 22.4. The quantitative estimate of drug-likeness (QED) is 0.435. The lowest BCUT2D eigenvalue weighted by Gasteiger charge is -2.06. The summed E-state index contributed by atoms with van der Waals surface area (Å²) in [5, 5.41) is 0.325. The first-order valence-corrected chi connectivity index (χ1v) is 10.1. The Morgan fingerprint density at radius 1 is 1.06 bits per heavy atom. The van der Waals surface area contributed by atoms with Crippen LogP contribution < -0.4 is 5.56 Å². The molecule has 5 aromatic rings. The number of hydrogen-bond acceptors (Lipinski definition) is 7. The number of H-pyrrole nitrogens is 1. The second-order valence-electron chi connectivity index (χ2n) is 7.26. The molecule has 160 valence electrons. The van der Waals surface area contributed by atoms with Crippen LogP contribution in [0.3, 0.4) is 0 Å². The minimum atomic E-state index is -0.608. The molecule has 0 aliphatic rings. The van der Waals surface area contributed by atoms with Gasteiger partial charge in [-0.05, 0) is 36.8 Å². The number of aromatic nitrogens is 4. The second-order valence-corrected chi connectivity index (χ2v) is 7.26. The predicted molar refractivity (Wildman–Crippen MR) is 118 cm³/mol. The first kappa shape index (κ1) is 19.7. The third kappa shape index (κ3) is 2.89. The van der Waals surface area contributed by atoms with E-state index in [1.54, 1.807) is 16.5 Å². The van der Waals surface area contributed by atoms with E-state index >= 15 is 0 Å². The molecule has 2 aromatic carbocycles. The Morgan fingerprint density at radius 2 is 1.81 bits per heavy atom. The average Bonchev–Trinajstić information content (AvgIpc) is 3.13. The largest absolute Gasteiger partial charge is 0.465 e. The van der Waals surface area contributed by atoms with Crippen LogP contribution in [0, 0.1) is 0 Å². The number of nitrogens with zero attached hydrogens (tertiary/aromatic N) is 3. The highest BCUT2D eigenvalue weighted by Crippen LogP contribution is 2.28. The Labute approximate surface area is 180 Å². The summed E-state index contributed by atoms with van der Waals surface area (Å²) in [6.45, 7) is 2.11. The number of nitrogens with one attached hydrogen (secondary N) is 1. The number of hydrogen-bond donors (Lipinski definition) is 1. The van der Waals surface area contributed by atoms with Crippen LogP contribution in [0.1, 0.15) is 34.1 Å². The summed E-state index contributed by atoms with van der Waals surface area (Å²) in [6, 6.07) is 11.9. The maximum atomic E-state index is 13.0. The van der Waals surface area contributed by atoms with Crippen molar-refractivity contribution in [3.05, 3.63) is 63.9 Å². The fourth-order valence-electron chi connectivity index (χ4n) is 3.79. The maximum Gasteiger partial charge on any atom is 0.344 e. The summed E-state index contributed by atoms with van der Waals surface area (Å²) in [6.07, 6.45) is 0.645. The van der Waals surface area contributed by atoms with E-state index < -0.39 is 17.5 Å². The highest BCUT2D eigenvalue weighted by molar-refractivity contribution is 6.11. The van der Waals surface area contributed by atoms with Crippen LogP contribution in [0.15, 0.2) is 47.3 Å². The van der Waals surface area contributed by atoms with Gasteiger partial charge in [-0.25, -0.2) is 19.6 Å². The molecule has 32 heavy (non-hydrogen) atoms. The van der Waals surface area contributed by atoms with Gasteiger partial charge in [-0.2, -0.15) is 0 Å². The predicted octanol–water partition coefficient (Wildman–Crippen LogP) is 3.23. The number of esters is 2. The van der Waals surface area contributed by atoms with Crippen LogP contribution in [0.4, 0.5) is 0 Å². The van der Waals surface area contributed by atoms with E-state index in [-0.39, 0.29) is 23.4 Å². The van der Waals surface area contributed by atoms with Gasteiger partial charge in [-0.1, -0.05) is 19.1 Å². The molecule has 9 heteroatoms. The molecule has 0 amide bonds. The van der Waals surface area contributed by atoms with Crippen LogP contribution in [0.2, 0.25) is 0 Å². The fourth-order valence-corrected chi connectivity index (χ4v) is 3.79. The molecule has 0 saturated heterocycles. The molecule has 5 rings (SSSR count). The van der Waals surface area contributed by atoms with E-state index in [1.165, 1.54) is 19.2 Å². The number of benzene rings is 2. The van der Waals surface area contributed by atoms with Gasteiger partial charge in [0.25, 0.3) is 5.56 Å². The van der Waals surface area contributed by atoms with E-state index in [0.717, 1.165) is 0 Å². The SMILES string of the molecule is CCCOC(=O)c1c2nc3ccccc3nc2n2c1[nH]c(=O)c1ccc(C(=O)OC)cc12. The lowest BCUT2D eigenvalue weighted by atomic mass is 10.1. The summed E-state index contributed by atoms with van der Waals surface area (Å²) in [5.74, 6) is -1.15. The van der Waals surface area contributed by atoms with Gasteiger partial charge in [0.05, 0.1) is 41.2 Å². The molecular weight excluding hydrogens is 412 g/mol. The van der Waals surface area contributed by atoms with Crippen molar-refractivity contribution in [3.8, 4) is 0 Å². The highest BCUT2D eigenvalue weighted by Gasteiger charge is 2.25. The lowest BCUT2D eigenvalue weighted by Crippen LogP contribution is -2.13. The third-order valence-corrected chi connectivity index (χ3v) is 5.24. The van der Waals surface area contributed by atoms with E-state index in [0.29, 0.717) is 39.5 Å². The Hall–Kier alpha value is -4.27. The molecule has 0 saturated carbocycles. The van der Waals surface area contributed by atoms with Crippen LogP contribution in [0.5, 0.6) is 0 Å². The summed E-state index contributed by atoms with van der Waals surface area (Å²) < 4.78 is 11.8. The number of aromatic amines is 1.